The van der Waals surface area contributed by atoms with E-state index in [-0.39, 0.29) is 31.1 Å². The molecule has 0 radical (unpaired) electrons. The van der Waals surface area contributed by atoms with Gasteiger partial charge in [0.15, 0.2) is 11.5 Å². The molecule has 1 aromatic carbocycles. The van der Waals surface area contributed by atoms with E-state index in [9.17, 15) is 14.4 Å². The van der Waals surface area contributed by atoms with E-state index < -0.39 is 5.56 Å². The summed E-state index contributed by atoms with van der Waals surface area (Å²) in [5.74, 6) is 0.722. The smallest absolute Gasteiger partial charge is 0.267 e. The normalized spacial score (nSPS) is 12.6. The minimum atomic E-state index is -0.396. The highest BCUT2D eigenvalue weighted by atomic mass is 16.5. The predicted molar refractivity (Wildman–Crippen MR) is 125 cm³/mol. The molecule has 1 aliphatic carbocycles. The Morgan fingerprint density at radius 1 is 0.941 bits per heavy atom. The number of aromatic nitrogens is 4. The van der Waals surface area contributed by atoms with Crippen LogP contribution in [0.4, 0.5) is 0 Å². The topological polar surface area (TPSA) is 117 Å². The molecule has 0 fully saturated rings. The van der Waals surface area contributed by atoms with E-state index in [1.807, 2.05) is 0 Å². The number of benzene rings is 1. The average molecular weight is 466 g/mol. The second kappa shape index (κ2) is 10.3. The van der Waals surface area contributed by atoms with Crippen molar-refractivity contribution in [2.75, 3.05) is 20.8 Å². The lowest BCUT2D eigenvalue weighted by atomic mass is 9.97. The van der Waals surface area contributed by atoms with Crippen LogP contribution in [0.1, 0.15) is 24.1 Å². The molecule has 10 nitrogen and oxygen atoms in total. The zero-order valence-corrected chi connectivity index (χ0v) is 19.2. The van der Waals surface area contributed by atoms with Gasteiger partial charge in [0.05, 0.1) is 32.2 Å². The van der Waals surface area contributed by atoms with Crippen LogP contribution in [0, 0.1) is 0 Å². The second-order valence-corrected chi connectivity index (χ2v) is 8.02. The summed E-state index contributed by atoms with van der Waals surface area (Å²) in [5.41, 5.74) is 2.64. The Labute approximate surface area is 196 Å². The first kappa shape index (κ1) is 23.2. The Balaban J connectivity index is 1.41. The van der Waals surface area contributed by atoms with Crippen molar-refractivity contribution in [2.24, 2.45) is 0 Å². The summed E-state index contributed by atoms with van der Waals surface area (Å²) in [7, 11) is 3.08. The molecule has 1 amide bonds. The maximum atomic E-state index is 12.4. The van der Waals surface area contributed by atoms with Crippen LogP contribution in [0.15, 0.2) is 46.0 Å². The van der Waals surface area contributed by atoms with Crippen LogP contribution in [-0.2, 0) is 30.7 Å². The van der Waals surface area contributed by atoms with Crippen LogP contribution < -0.4 is 25.9 Å². The lowest BCUT2D eigenvalue weighted by molar-refractivity contribution is -0.121. The summed E-state index contributed by atoms with van der Waals surface area (Å²) in [5, 5.41) is 11.5. The fraction of sp³-hybridized carbons (Fsp3) is 0.375. The molecule has 0 saturated heterocycles. The third kappa shape index (κ3) is 5.16. The first-order valence-corrected chi connectivity index (χ1v) is 11.2. The summed E-state index contributed by atoms with van der Waals surface area (Å²) in [6.07, 6.45) is 3.90. The van der Waals surface area contributed by atoms with Gasteiger partial charge in [-0.25, -0.2) is 9.36 Å². The Hall–Kier alpha value is -3.95. The fourth-order valence-corrected chi connectivity index (χ4v) is 3.97. The van der Waals surface area contributed by atoms with Crippen molar-refractivity contribution in [2.45, 2.75) is 38.8 Å². The van der Waals surface area contributed by atoms with E-state index in [1.165, 1.54) is 17.9 Å². The van der Waals surface area contributed by atoms with Crippen molar-refractivity contribution in [3.63, 3.8) is 0 Å². The Morgan fingerprint density at radius 2 is 1.74 bits per heavy atom. The molecule has 2 heterocycles. The lowest BCUT2D eigenvalue weighted by Crippen LogP contribution is -2.37. The molecule has 178 valence electrons. The van der Waals surface area contributed by atoms with Gasteiger partial charge in [0, 0.05) is 24.2 Å². The minimum absolute atomic E-state index is 0.171. The van der Waals surface area contributed by atoms with Crippen LogP contribution in [0.25, 0.3) is 11.3 Å². The zero-order valence-electron chi connectivity index (χ0n) is 19.2. The number of hydrogen-bond acceptors (Lipinski definition) is 7. The lowest BCUT2D eigenvalue weighted by Gasteiger charge is -2.16. The number of methoxy groups -OCH3 is 2. The summed E-state index contributed by atoms with van der Waals surface area (Å²) >= 11 is 0. The van der Waals surface area contributed by atoms with Gasteiger partial charge in [-0.2, -0.15) is 10.2 Å². The van der Waals surface area contributed by atoms with Crippen molar-refractivity contribution in [3.8, 4) is 22.8 Å². The minimum Gasteiger partial charge on any atom is -0.493 e. The quantitative estimate of drug-likeness (QED) is 0.531. The van der Waals surface area contributed by atoms with E-state index >= 15 is 0 Å². The van der Waals surface area contributed by atoms with Crippen LogP contribution in [-0.4, -0.2) is 46.2 Å². The molecule has 2 aromatic heterocycles. The molecule has 1 aliphatic rings. The molecule has 0 unspecified atom stereocenters. The number of nitrogens with zero attached hydrogens (tertiary/aromatic N) is 4. The first-order valence-electron chi connectivity index (χ1n) is 11.2. The van der Waals surface area contributed by atoms with Gasteiger partial charge in [-0.15, -0.1) is 0 Å². The van der Waals surface area contributed by atoms with Gasteiger partial charge >= 0.3 is 0 Å². The predicted octanol–water partition coefficient (Wildman–Crippen LogP) is 1.18. The van der Waals surface area contributed by atoms with Crippen LogP contribution in [0.2, 0.25) is 0 Å². The maximum Gasteiger partial charge on any atom is 0.267 e. The Kier molecular flexibility index (Phi) is 7.05. The van der Waals surface area contributed by atoms with Crippen LogP contribution in [0.3, 0.4) is 0 Å². The highest BCUT2D eigenvalue weighted by Crippen LogP contribution is 2.31. The van der Waals surface area contributed by atoms with Gasteiger partial charge in [-0.3, -0.25) is 14.4 Å². The zero-order chi connectivity index (χ0) is 24.1. The number of ether oxygens (including phenoxy) is 2. The summed E-state index contributed by atoms with van der Waals surface area (Å²) in [6, 6.07) is 9.89. The SMILES string of the molecule is COc1ccc(-c2ccc(=O)n(CC(=O)NCCn3nc4c(cc3=O)CCCC4)n2)cc1OC. The van der Waals surface area contributed by atoms with E-state index in [0.29, 0.717) is 22.8 Å². The Bertz CT molecular complexity index is 1310. The van der Waals surface area contributed by atoms with Crippen LogP contribution >= 0.6 is 0 Å². The molecule has 0 spiro atoms. The highest BCUT2D eigenvalue weighted by Gasteiger charge is 2.14. The van der Waals surface area contributed by atoms with Crippen molar-refractivity contribution >= 4 is 5.91 Å². The molecule has 0 aliphatic heterocycles. The number of carbonyl (C=O) groups is 1. The second-order valence-electron chi connectivity index (χ2n) is 8.02. The molecular formula is C24H27N5O5. The van der Waals surface area contributed by atoms with Gasteiger partial charge < -0.3 is 14.8 Å². The first-order chi connectivity index (χ1) is 16.5. The number of rotatable bonds is 8. The van der Waals surface area contributed by atoms with Crippen molar-refractivity contribution < 1.29 is 14.3 Å². The number of fused-ring (bicyclic) bond motifs is 1. The number of carbonyl (C=O) groups excluding carboxylic acids is 1. The van der Waals surface area contributed by atoms with E-state index in [4.69, 9.17) is 9.47 Å². The standard InChI is InChI=1S/C24H27N5O5/c1-33-20-9-7-17(13-21(20)34-2)19-8-10-23(31)29(27-19)15-22(30)25-11-12-28-24(32)14-16-5-3-4-6-18(16)26-28/h7-10,13-14H,3-6,11-12,15H2,1-2H3,(H,25,30). The van der Waals surface area contributed by atoms with Crippen molar-refractivity contribution in [3.05, 3.63) is 68.4 Å². The third-order valence-electron chi connectivity index (χ3n) is 5.76. The number of hydrogen-bond donors (Lipinski definition) is 1. The highest BCUT2D eigenvalue weighted by molar-refractivity contribution is 5.75. The maximum absolute atomic E-state index is 12.4. The Morgan fingerprint density at radius 3 is 2.53 bits per heavy atom. The monoisotopic (exact) mass is 465 g/mol. The van der Waals surface area contributed by atoms with Gasteiger partial charge in [-0.05, 0) is 55.5 Å². The largest absolute Gasteiger partial charge is 0.493 e. The molecule has 4 rings (SSSR count). The molecule has 34 heavy (non-hydrogen) atoms. The summed E-state index contributed by atoms with van der Waals surface area (Å²) in [6.45, 7) is 0.229. The van der Waals surface area contributed by atoms with Crippen LogP contribution in [0.5, 0.6) is 11.5 Å². The van der Waals surface area contributed by atoms with E-state index in [2.05, 4.69) is 15.5 Å². The molecular weight excluding hydrogens is 438 g/mol. The average Bonchev–Trinajstić information content (AvgIpc) is 2.85. The van der Waals surface area contributed by atoms with Gasteiger partial charge in [0.1, 0.15) is 6.54 Å². The molecule has 0 atom stereocenters. The van der Waals surface area contributed by atoms with Crippen molar-refractivity contribution in [1.82, 2.24) is 24.9 Å². The third-order valence-corrected chi connectivity index (χ3v) is 5.76. The summed E-state index contributed by atoms with van der Waals surface area (Å²) < 4.78 is 13.1. The molecule has 1 N–H and O–H groups in total. The number of nitrogens with one attached hydrogen (secondary N) is 1. The molecule has 0 bridgehead atoms. The fourth-order valence-electron chi connectivity index (χ4n) is 3.97. The van der Waals surface area contributed by atoms with Gasteiger partial charge in [0.25, 0.3) is 11.1 Å². The van der Waals surface area contributed by atoms with Gasteiger partial charge in [0.2, 0.25) is 5.91 Å². The van der Waals surface area contributed by atoms with E-state index in [0.717, 1.165) is 41.6 Å². The van der Waals surface area contributed by atoms with Crippen molar-refractivity contribution in [1.29, 1.82) is 0 Å². The number of aryl methyl sites for hydroxylation is 2. The summed E-state index contributed by atoms with van der Waals surface area (Å²) in [4.78, 5) is 37.0. The molecule has 0 saturated carbocycles. The molecule has 10 heteroatoms. The number of amides is 1. The molecule has 3 aromatic rings. The van der Waals surface area contributed by atoms with Gasteiger partial charge in [-0.1, -0.05) is 0 Å². The van der Waals surface area contributed by atoms with E-state index in [1.54, 1.807) is 37.4 Å².